The second-order valence-electron chi connectivity index (χ2n) is 8.82. The molecule has 200 valence electrons. The van der Waals surface area contributed by atoms with Crippen LogP contribution < -0.4 is 10.0 Å². The SMILES string of the molecule is CCOCc1cc(CNc2nc(C)nc(C)c2I)ccc1-c1ccccc1S(=O)(=O)Nc1noc(C)c1C. The van der Waals surface area contributed by atoms with Crippen molar-refractivity contribution in [2.24, 2.45) is 0 Å². The molecule has 2 aromatic carbocycles. The van der Waals surface area contributed by atoms with E-state index < -0.39 is 10.0 Å². The minimum atomic E-state index is -3.95. The van der Waals surface area contributed by atoms with E-state index in [1.54, 1.807) is 32.0 Å². The summed E-state index contributed by atoms with van der Waals surface area (Å²) in [5.74, 6) is 2.23. The molecule has 0 spiro atoms. The van der Waals surface area contributed by atoms with Gasteiger partial charge in [-0.2, -0.15) is 0 Å². The number of sulfonamides is 1. The monoisotopic (exact) mass is 647 g/mol. The van der Waals surface area contributed by atoms with Gasteiger partial charge in [0, 0.05) is 24.3 Å². The summed E-state index contributed by atoms with van der Waals surface area (Å²) in [6.45, 7) is 10.7. The first kappa shape index (κ1) is 28.0. The molecular weight excluding hydrogens is 617 g/mol. The molecule has 0 fully saturated rings. The normalized spacial score (nSPS) is 11.5. The first-order valence-electron chi connectivity index (χ1n) is 12.1. The molecule has 0 saturated heterocycles. The molecule has 2 aromatic heterocycles. The van der Waals surface area contributed by atoms with Crippen LogP contribution in [0.2, 0.25) is 0 Å². The fourth-order valence-electron chi connectivity index (χ4n) is 3.97. The molecule has 9 nitrogen and oxygen atoms in total. The molecule has 4 aromatic rings. The van der Waals surface area contributed by atoms with Gasteiger partial charge < -0.3 is 14.6 Å². The van der Waals surface area contributed by atoms with E-state index in [2.05, 4.69) is 47.8 Å². The van der Waals surface area contributed by atoms with Crippen LogP contribution in [-0.2, 0) is 27.9 Å². The van der Waals surface area contributed by atoms with Gasteiger partial charge in [-0.15, -0.1) is 0 Å². The number of ether oxygens (including phenoxy) is 1. The van der Waals surface area contributed by atoms with E-state index in [1.165, 1.54) is 0 Å². The Morgan fingerprint density at radius 2 is 1.76 bits per heavy atom. The predicted octanol–water partition coefficient (Wildman–Crippen LogP) is 5.92. The molecule has 0 atom stereocenters. The van der Waals surface area contributed by atoms with Gasteiger partial charge in [0.1, 0.15) is 17.4 Å². The van der Waals surface area contributed by atoms with E-state index in [9.17, 15) is 8.42 Å². The smallest absolute Gasteiger partial charge is 0.263 e. The van der Waals surface area contributed by atoms with Crippen LogP contribution >= 0.6 is 22.6 Å². The largest absolute Gasteiger partial charge is 0.377 e. The Hall–Kier alpha value is -3.03. The Balaban J connectivity index is 1.69. The first-order chi connectivity index (χ1) is 18.1. The average molecular weight is 648 g/mol. The van der Waals surface area contributed by atoms with Gasteiger partial charge in [0.25, 0.3) is 10.0 Å². The third-order valence-corrected chi connectivity index (χ3v) is 8.76. The van der Waals surface area contributed by atoms with Crippen molar-refractivity contribution in [2.75, 3.05) is 16.6 Å². The number of nitrogens with zero attached hydrogens (tertiary/aromatic N) is 3. The average Bonchev–Trinajstić information content (AvgIpc) is 3.20. The fourth-order valence-corrected chi connectivity index (χ4v) is 5.68. The van der Waals surface area contributed by atoms with Gasteiger partial charge in [-0.05, 0) is 80.0 Å². The van der Waals surface area contributed by atoms with Gasteiger partial charge in [0.05, 0.1) is 20.8 Å². The number of benzene rings is 2. The van der Waals surface area contributed by atoms with Crippen LogP contribution in [0.25, 0.3) is 11.1 Å². The molecule has 0 unspecified atom stereocenters. The van der Waals surface area contributed by atoms with Gasteiger partial charge in [0.15, 0.2) is 5.82 Å². The molecule has 0 amide bonds. The molecule has 0 aliphatic heterocycles. The predicted molar refractivity (Wildman–Crippen MR) is 156 cm³/mol. The van der Waals surface area contributed by atoms with Crippen LogP contribution in [0.3, 0.4) is 0 Å². The Kier molecular flexibility index (Phi) is 8.68. The highest BCUT2D eigenvalue weighted by Gasteiger charge is 2.23. The number of anilines is 2. The van der Waals surface area contributed by atoms with E-state index in [4.69, 9.17) is 9.26 Å². The number of aryl methyl sites for hydroxylation is 3. The van der Waals surface area contributed by atoms with Crippen LogP contribution in [0, 0.1) is 31.3 Å². The third-order valence-electron chi connectivity index (χ3n) is 6.07. The highest BCUT2D eigenvalue weighted by molar-refractivity contribution is 14.1. The van der Waals surface area contributed by atoms with Crippen molar-refractivity contribution in [1.82, 2.24) is 15.1 Å². The standard InChI is InChI=1S/C27H30IN5O4S/c1-6-36-15-21-13-20(14-29-27-25(28)17(3)30-19(5)31-27)11-12-22(21)23-9-7-8-10-24(23)38(34,35)33-26-16(2)18(4)37-32-26/h7-13H,6,14-15H2,1-5H3,(H,32,33)(H,29,30,31). The maximum Gasteiger partial charge on any atom is 0.263 e. The van der Waals surface area contributed by atoms with Crippen molar-refractivity contribution < 1.29 is 17.7 Å². The summed E-state index contributed by atoms with van der Waals surface area (Å²) in [5.41, 5.74) is 4.81. The molecule has 0 radical (unpaired) electrons. The molecular formula is C27H30IN5O4S. The first-order valence-corrected chi connectivity index (χ1v) is 14.7. The van der Waals surface area contributed by atoms with Crippen molar-refractivity contribution in [3.63, 3.8) is 0 Å². The summed E-state index contributed by atoms with van der Waals surface area (Å²) in [6.07, 6.45) is 0. The lowest BCUT2D eigenvalue weighted by molar-refractivity contribution is 0.134. The van der Waals surface area contributed by atoms with E-state index in [0.717, 1.165) is 31.8 Å². The minimum absolute atomic E-state index is 0.144. The molecule has 2 N–H and O–H groups in total. The number of hydrogen-bond donors (Lipinski definition) is 2. The lowest BCUT2D eigenvalue weighted by Crippen LogP contribution is -2.15. The van der Waals surface area contributed by atoms with Gasteiger partial charge in [0.2, 0.25) is 0 Å². The number of aromatic nitrogens is 3. The zero-order chi connectivity index (χ0) is 27.4. The van der Waals surface area contributed by atoms with Crippen molar-refractivity contribution in [3.8, 4) is 11.1 Å². The summed E-state index contributed by atoms with van der Waals surface area (Å²) in [5, 5.41) is 7.26. The van der Waals surface area contributed by atoms with Crippen LogP contribution in [0.4, 0.5) is 11.6 Å². The lowest BCUT2D eigenvalue weighted by Gasteiger charge is -2.17. The Labute approximate surface area is 236 Å². The highest BCUT2D eigenvalue weighted by atomic mass is 127. The molecule has 0 saturated carbocycles. The summed E-state index contributed by atoms with van der Waals surface area (Å²) < 4.78 is 41.3. The fraction of sp³-hybridized carbons (Fsp3) is 0.296. The molecule has 0 aliphatic carbocycles. The molecule has 38 heavy (non-hydrogen) atoms. The number of rotatable bonds is 10. The summed E-state index contributed by atoms with van der Waals surface area (Å²) in [4.78, 5) is 9.07. The second-order valence-corrected chi connectivity index (χ2v) is 11.5. The topological polar surface area (TPSA) is 119 Å². The maximum absolute atomic E-state index is 13.4. The van der Waals surface area contributed by atoms with E-state index >= 15 is 0 Å². The van der Waals surface area contributed by atoms with Crippen LogP contribution in [-0.4, -0.2) is 30.1 Å². The van der Waals surface area contributed by atoms with Gasteiger partial charge in [-0.3, -0.25) is 4.72 Å². The van der Waals surface area contributed by atoms with Crippen molar-refractivity contribution in [3.05, 3.63) is 80.0 Å². The van der Waals surface area contributed by atoms with Crippen LogP contribution in [0.5, 0.6) is 0 Å². The number of hydrogen-bond acceptors (Lipinski definition) is 8. The minimum Gasteiger partial charge on any atom is -0.377 e. The summed E-state index contributed by atoms with van der Waals surface area (Å²) in [6, 6.07) is 12.9. The highest BCUT2D eigenvalue weighted by Crippen LogP contribution is 2.33. The van der Waals surface area contributed by atoms with Gasteiger partial charge in [-0.1, -0.05) is 41.6 Å². The lowest BCUT2D eigenvalue weighted by atomic mass is 9.97. The Bertz CT molecular complexity index is 1570. The Morgan fingerprint density at radius 1 is 1.00 bits per heavy atom. The maximum atomic E-state index is 13.4. The molecule has 2 heterocycles. The van der Waals surface area contributed by atoms with Crippen molar-refractivity contribution in [1.29, 1.82) is 0 Å². The van der Waals surface area contributed by atoms with Crippen LogP contribution in [0.1, 0.15) is 40.9 Å². The van der Waals surface area contributed by atoms with Gasteiger partial charge >= 0.3 is 0 Å². The van der Waals surface area contributed by atoms with Crippen molar-refractivity contribution in [2.45, 2.75) is 52.7 Å². The van der Waals surface area contributed by atoms with E-state index in [1.807, 2.05) is 45.0 Å². The summed E-state index contributed by atoms with van der Waals surface area (Å²) >= 11 is 2.24. The second kappa shape index (κ2) is 11.8. The molecule has 4 rings (SSSR count). The van der Waals surface area contributed by atoms with Crippen LogP contribution in [0.15, 0.2) is 51.9 Å². The molecule has 0 aliphatic rings. The molecule has 11 heteroatoms. The quantitative estimate of drug-likeness (QED) is 0.204. The third kappa shape index (κ3) is 6.16. The van der Waals surface area contributed by atoms with Crippen molar-refractivity contribution >= 4 is 44.2 Å². The van der Waals surface area contributed by atoms with E-state index in [-0.39, 0.29) is 10.7 Å². The Morgan fingerprint density at radius 3 is 2.47 bits per heavy atom. The molecule has 0 bridgehead atoms. The zero-order valence-electron chi connectivity index (χ0n) is 21.9. The zero-order valence-corrected chi connectivity index (χ0v) is 24.9. The summed E-state index contributed by atoms with van der Waals surface area (Å²) in [7, 11) is -3.95. The number of nitrogens with one attached hydrogen (secondary N) is 2. The van der Waals surface area contributed by atoms with Gasteiger partial charge in [-0.25, -0.2) is 18.4 Å². The number of halogens is 1. The van der Waals surface area contributed by atoms with E-state index in [0.29, 0.717) is 42.5 Å².